The summed E-state index contributed by atoms with van der Waals surface area (Å²) in [6, 6.07) is 15.8. The van der Waals surface area contributed by atoms with Crippen molar-refractivity contribution < 1.29 is 8.42 Å². The average molecular weight is 557 g/mol. The molecule has 0 unspecified atom stereocenters. The fourth-order valence-corrected chi connectivity index (χ4v) is 7.27. The van der Waals surface area contributed by atoms with Gasteiger partial charge in [-0.05, 0) is 42.8 Å². The number of piperazine rings is 1. The molecule has 0 aliphatic carbocycles. The number of aromatic nitrogens is 2. The highest BCUT2D eigenvalue weighted by atomic mass is 35.5. The van der Waals surface area contributed by atoms with Gasteiger partial charge in [-0.3, -0.25) is 4.90 Å². The van der Waals surface area contributed by atoms with Gasteiger partial charge in [-0.25, -0.2) is 13.4 Å². The maximum atomic E-state index is 14.0. The van der Waals surface area contributed by atoms with E-state index < -0.39 is 10.0 Å². The number of fused-ring (bicyclic) bond motifs is 1. The third-order valence-corrected chi connectivity index (χ3v) is 9.82. The van der Waals surface area contributed by atoms with Crippen molar-refractivity contribution in [3.05, 3.63) is 82.9 Å². The summed E-state index contributed by atoms with van der Waals surface area (Å²) < 4.78 is 31.8. The first-order valence-corrected chi connectivity index (χ1v) is 15.2. The van der Waals surface area contributed by atoms with Crippen LogP contribution < -0.4 is 4.90 Å². The normalized spacial score (nSPS) is 19.9. The van der Waals surface area contributed by atoms with Crippen LogP contribution in [0.15, 0.2) is 61.1 Å². The third kappa shape index (κ3) is 6.40. The summed E-state index contributed by atoms with van der Waals surface area (Å²) in [5.74, 6) is 0.111. The van der Waals surface area contributed by atoms with Crippen LogP contribution in [-0.2, 0) is 36.6 Å². The van der Waals surface area contributed by atoms with Crippen molar-refractivity contribution >= 4 is 27.3 Å². The first kappa shape index (κ1) is 27.1. The van der Waals surface area contributed by atoms with Gasteiger partial charge in [0.25, 0.3) is 0 Å². The zero-order chi connectivity index (χ0) is 26.7. The molecule has 204 valence electrons. The van der Waals surface area contributed by atoms with Gasteiger partial charge < -0.3 is 14.4 Å². The van der Waals surface area contributed by atoms with Gasteiger partial charge in [0.15, 0.2) is 0 Å². The zero-order valence-corrected chi connectivity index (χ0v) is 23.8. The summed E-state index contributed by atoms with van der Waals surface area (Å²) in [6.07, 6.45) is 4.31. The van der Waals surface area contributed by atoms with Crippen LogP contribution in [0.2, 0.25) is 5.02 Å². The van der Waals surface area contributed by atoms with Crippen molar-refractivity contribution in [3.63, 3.8) is 0 Å². The molecular weight excluding hydrogens is 520 g/mol. The molecule has 0 amide bonds. The van der Waals surface area contributed by atoms with Crippen LogP contribution in [0, 0.1) is 0 Å². The Kier molecular flexibility index (Phi) is 8.40. The predicted molar refractivity (Wildman–Crippen MR) is 153 cm³/mol. The number of sulfonamides is 1. The molecule has 0 spiro atoms. The highest BCUT2D eigenvalue weighted by molar-refractivity contribution is 7.89. The molecular formula is C28H37ClN6O2S. The Labute approximate surface area is 231 Å². The SMILES string of the molecule is CN1CCN(CCS(=O)(=O)N2Cc3cc(Cl)ccc3N(Cc3cncn3C)C[C@H]2Cc2ccccc2)CC1. The minimum Gasteiger partial charge on any atom is -0.364 e. The van der Waals surface area contributed by atoms with Crippen molar-refractivity contribution in [3.8, 4) is 0 Å². The van der Waals surface area contributed by atoms with E-state index in [0.29, 0.717) is 37.6 Å². The largest absolute Gasteiger partial charge is 0.364 e. The lowest BCUT2D eigenvalue weighted by molar-refractivity contribution is 0.160. The number of likely N-dealkylation sites (N-methyl/N-ethyl adjacent to an activating group) is 1. The lowest BCUT2D eigenvalue weighted by Gasteiger charge is -2.34. The fourth-order valence-electron chi connectivity index (χ4n) is 5.42. The number of hydrogen-bond donors (Lipinski definition) is 0. The van der Waals surface area contributed by atoms with Gasteiger partial charge in [0.05, 0.1) is 24.3 Å². The van der Waals surface area contributed by atoms with Crippen molar-refractivity contribution in [2.24, 2.45) is 7.05 Å². The van der Waals surface area contributed by atoms with Crippen molar-refractivity contribution in [2.75, 3.05) is 57.0 Å². The van der Waals surface area contributed by atoms with Gasteiger partial charge in [-0.2, -0.15) is 4.31 Å². The number of hydrogen-bond acceptors (Lipinski definition) is 6. The van der Waals surface area contributed by atoms with Crippen LogP contribution in [-0.4, -0.2) is 90.2 Å². The van der Waals surface area contributed by atoms with E-state index in [4.69, 9.17) is 11.6 Å². The van der Waals surface area contributed by atoms with Gasteiger partial charge >= 0.3 is 0 Å². The second-order valence-electron chi connectivity index (χ2n) is 10.5. The second-order valence-corrected chi connectivity index (χ2v) is 13.0. The number of aryl methyl sites for hydroxylation is 1. The molecule has 10 heteroatoms. The molecule has 0 N–H and O–H groups in total. The highest BCUT2D eigenvalue weighted by Gasteiger charge is 2.36. The summed E-state index contributed by atoms with van der Waals surface area (Å²) in [5.41, 5.74) is 4.14. The summed E-state index contributed by atoms with van der Waals surface area (Å²) in [5, 5.41) is 0.612. The van der Waals surface area contributed by atoms with Gasteiger partial charge in [0, 0.05) is 75.8 Å². The van der Waals surface area contributed by atoms with Gasteiger partial charge in [0.2, 0.25) is 10.0 Å². The smallest absolute Gasteiger partial charge is 0.215 e. The molecule has 2 aromatic carbocycles. The van der Waals surface area contributed by atoms with Gasteiger partial charge in [-0.15, -0.1) is 0 Å². The number of halogens is 1. The van der Waals surface area contributed by atoms with E-state index in [9.17, 15) is 8.42 Å². The molecule has 1 atom stereocenters. The summed E-state index contributed by atoms with van der Waals surface area (Å²) in [7, 11) is 0.549. The predicted octanol–water partition coefficient (Wildman–Crippen LogP) is 3.08. The summed E-state index contributed by atoms with van der Waals surface area (Å²) >= 11 is 6.44. The van der Waals surface area contributed by atoms with Crippen LogP contribution in [0.3, 0.4) is 0 Å². The van der Waals surface area contributed by atoms with Crippen LogP contribution in [0.5, 0.6) is 0 Å². The van der Waals surface area contributed by atoms with E-state index in [1.807, 2.05) is 54.2 Å². The number of imidazole rings is 1. The minimum atomic E-state index is -3.55. The molecule has 1 aromatic heterocycles. The van der Waals surface area contributed by atoms with E-state index >= 15 is 0 Å². The number of nitrogens with zero attached hydrogens (tertiary/aromatic N) is 6. The first-order chi connectivity index (χ1) is 18.3. The Balaban J connectivity index is 1.47. The molecule has 3 heterocycles. The maximum Gasteiger partial charge on any atom is 0.215 e. The van der Waals surface area contributed by atoms with Crippen LogP contribution in [0.4, 0.5) is 5.69 Å². The lowest BCUT2D eigenvalue weighted by Crippen LogP contribution is -2.49. The fraction of sp³-hybridized carbons (Fsp3) is 0.464. The third-order valence-electron chi connectivity index (χ3n) is 7.75. The molecule has 0 radical (unpaired) electrons. The molecule has 1 fully saturated rings. The Morgan fingerprint density at radius 2 is 1.79 bits per heavy atom. The molecule has 0 bridgehead atoms. The van der Waals surface area contributed by atoms with E-state index in [1.165, 1.54) is 0 Å². The van der Waals surface area contributed by atoms with Gasteiger partial charge in [0.1, 0.15) is 0 Å². The van der Waals surface area contributed by atoms with E-state index in [-0.39, 0.29) is 11.8 Å². The Bertz CT molecular complexity index is 1320. The minimum absolute atomic E-state index is 0.111. The molecule has 8 nitrogen and oxygen atoms in total. The Morgan fingerprint density at radius 3 is 2.50 bits per heavy atom. The summed E-state index contributed by atoms with van der Waals surface area (Å²) in [4.78, 5) is 11.1. The lowest BCUT2D eigenvalue weighted by atomic mass is 10.1. The monoisotopic (exact) mass is 556 g/mol. The first-order valence-electron chi connectivity index (χ1n) is 13.2. The number of rotatable bonds is 8. The topological polar surface area (TPSA) is 64.9 Å². The highest BCUT2D eigenvalue weighted by Crippen LogP contribution is 2.33. The number of anilines is 1. The van der Waals surface area contributed by atoms with Crippen molar-refractivity contribution in [1.29, 1.82) is 0 Å². The number of benzene rings is 2. The van der Waals surface area contributed by atoms with E-state index in [1.54, 1.807) is 10.6 Å². The molecule has 0 saturated carbocycles. The van der Waals surface area contributed by atoms with Crippen LogP contribution >= 0.6 is 11.6 Å². The molecule has 5 rings (SSSR count). The Morgan fingerprint density at radius 1 is 1.03 bits per heavy atom. The molecule has 2 aliphatic rings. The maximum absolute atomic E-state index is 14.0. The van der Waals surface area contributed by atoms with Crippen molar-refractivity contribution in [2.45, 2.75) is 25.6 Å². The van der Waals surface area contributed by atoms with Crippen molar-refractivity contribution in [1.82, 2.24) is 23.7 Å². The summed E-state index contributed by atoms with van der Waals surface area (Å²) in [6.45, 7) is 5.79. The molecule has 1 saturated heterocycles. The Hall–Kier alpha value is -2.43. The average Bonchev–Trinajstić information content (AvgIpc) is 3.23. The molecule has 3 aromatic rings. The molecule has 38 heavy (non-hydrogen) atoms. The van der Waals surface area contributed by atoms with E-state index in [2.05, 4.69) is 38.9 Å². The second kappa shape index (κ2) is 11.8. The quantitative estimate of drug-likeness (QED) is 0.425. The van der Waals surface area contributed by atoms with Crippen LogP contribution in [0.25, 0.3) is 0 Å². The van der Waals surface area contributed by atoms with E-state index in [0.717, 1.165) is 48.7 Å². The zero-order valence-electron chi connectivity index (χ0n) is 22.2. The van der Waals surface area contributed by atoms with Crippen LogP contribution in [0.1, 0.15) is 16.8 Å². The standard InChI is InChI=1S/C28H37ClN6O2S/c1-31-10-12-33(13-11-31)14-15-38(36,37)35-19-24-17-25(29)8-9-28(24)34(21-27-18-30-22-32(27)2)20-26(35)16-23-6-4-3-5-7-23/h3-9,17-18,22,26H,10-16,19-21H2,1-2H3/t26-/m1/s1. The van der Waals surface area contributed by atoms with Gasteiger partial charge in [-0.1, -0.05) is 41.9 Å². The molecule has 2 aliphatic heterocycles.